The Morgan fingerprint density at radius 2 is 1.69 bits per heavy atom. The Bertz CT molecular complexity index is 878. The molecule has 1 fully saturated rings. The number of nitrogens with zero attached hydrogens (tertiary/aromatic N) is 2. The lowest BCUT2D eigenvalue weighted by atomic mass is 10.2. The fourth-order valence-electron chi connectivity index (χ4n) is 3.24. The number of hydrogen-bond acceptors (Lipinski definition) is 6. The maximum Gasteiger partial charge on any atom is 0.337 e. The number of hydrogen-bond donors (Lipinski definition) is 1. The van der Waals surface area contributed by atoms with Crippen molar-refractivity contribution >= 4 is 23.4 Å². The number of carbonyl (C=O) groups is 2. The predicted octanol–water partition coefficient (Wildman–Crippen LogP) is 2.84. The molecule has 8 heteroatoms. The second kappa shape index (κ2) is 9.18. The van der Waals surface area contributed by atoms with Crippen molar-refractivity contribution in [2.45, 2.75) is 0 Å². The molecule has 0 bridgehead atoms. The number of carbonyl (C=O) groups excluding carboxylic acids is 2. The summed E-state index contributed by atoms with van der Waals surface area (Å²) in [5.41, 5.74) is 1.91. The number of methoxy groups -OCH3 is 3. The van der Waals surface area contributed by atoms with Gasteiger partial charge in [0.25, 0.3) is 0 Å². The second-order valence-electron chi connectivity index (χ2n) is 6.51. The van der Waals surface area contributed by atoms with Crippen molar-refractivity contribution < 1.29 is 23.8 Å². The van der Waals surface area contributed by atoms with E-state index in [9.17, 15) is 9.59 Å². The van der Waals surface area contributed by atoms with Crippen LogP contribution >= 0.6 is 0 Å². The molecule has 0 saturated carbocycles. The Kier molecular flexibility index (Phi) is 6.43. The lowest BCUT2D eigenvalue weighted by Gasteiger charge is -2.36. The highest BCUT2D eigenvalue weighted by Gasteiger charge is 2.23. The number of ether oxygens (including phenoxy) is 3. The molecule has 1 aliphatic rings. The fraction of sp³-hybridized carbons (Fsp3) is 0.333. The number of urea groups is 1. The molecule has 1 heterocycles. The van der Waals surface area contributed by atoms with E-state index in [1.165, 1.54) is 7.11 Å². The predicted molar refractivity (Wildman–Crippen MR) is 110 cm³/mol. The number of amides is 2. The smallest absolute Gasteiger partial charge is 0.337 e. The fourth-order valence-corrected chi connectivity index (χ4v) is 3.24. The van der Waals surface area contributed by atoms with Crippen LogP contribution < -0.4 is 19.7 Å². The van der Waals surface area contributed by atoms with Gasteiger partial charge in [0, 0.05) is 37.9 Å². The van der Waals surface area contributed by atoms with Crippen molar-refractivity contribution in [3.63, 3.8) is 0 Å². The van der Waals surface area contributed by atoms with E-state index in [-0.39, 0.29) is 6.03 Å². The van der Waals surface area contributed by atoms with E-state index in [0.717, 1.165) is 17.2 Å². The molecule has 8 nitrogen and oxygen atoms in total. The first-order chi connectivity index (χ1) is 14.0. The molecule has 0 radical (unpaired) electrons. The van der Waals surface area contributed by atoms with Crippen molar-refractivity contribution in [1.82, 2.24) is 4.90 Å². The number of benzene rings is 2. The SMILES string of the molecule is COC(=O)c1cccc(NC(=O)N2CCN(c3ccc(OC)cc3OC)CC2)c1. The van der Waals surface area contributed by atoms with Gasteiger partial charge in [0.1, 0.15) is 11.5 Å². The van der Waals surface area contributed by atoms with Crippen molar-refractivity contribution in [2.75, 3.05) is 57.7 Å². The number of esters is 1. The maximum atomic E-state index is 12.6. The van der Waals surface area contributed by atoms with Crippen LogP contribution in [0.25, 0.3) is 0 Å². The molecule has 2 amide bonds. The molecule has 2 aromatic rings. The monoisotopic (exact) mass is 399 g/mol. The minimum atomic E-state index is -0.442. The van der Waals surface area contributed by atoms with Crippen LogP contribution in [0, 0.1) is 0 Å². The van der Waals surface area contributed by atoms with E-state index in [0.29, 0.717) is 37.4 Å². The van der Waals surface area contributed by atoms with E-state index in [2.05, 4.69) is 10.2 Å². The van der Waals surface area contributed by atoms with Gasteiger partial charge in [-0.05, 0) is 30.3 Å². The number of anilines is 2. The zero-order valence-corrected chi connectivity index (χ0v) is 16.8. The number of rotatable bonds is 5. The summed E-state index contributed by atoms with van der Waals surface area (Å²) in [7, 11) is 4.57. The summed E-state index contributed by atoms with van der Waals surface area (Å²) < 4.78 is 15.4. The minimum absolute atomic E-state index is 0.201. The third-order valence-electron chi connectivity index (χ3n) is 4.83. The Balaban J connectivity index is 1.61. The van der Waals surface area contributed by atoms with Gasteiger partial charge < -0.3 is 29.3 Å². The average molecular weight is 399 g/mol. The molecule has 154 valence electrons. The molecule has 0 atom stereocenters. The minimum Gasteiger partial charge on any atom is -0.497 e. The van der Waals surface area contributed by atoms with Gasteiger partial charge in [-0.1, -0.05) is 6.07 Å². The Morgan fingerprint density at radius 1 is 0.931 bits per heavy atom. The van der Waals surface area contributed by atoms with Gasteiger partial charge >= 0.3 is 12.0 Å². The van der Waals surface area contributed by atoms with Gasteiger partial charge in [-0.3, -0.25) is 0 Å². The normalized spacial score (nSPS) is 13.6. The lowest BCUT2D eigenvalue weighted by Crippen LogP contribution is -2.50. The standard InChI is InChI=1S/C21H25N3O5/c1-27-17-7-8-18(19(14-17)28-2)23-9-11-24(12-10-23)21(26)22-16-6-4-5-15(13-16)20(25)29-3/h4-8,13-14H,9-12H2,1-3H3,(H,22,26). The van der Waals surface area contributed by atoms with E-state index in [4.69, 9.17) is 14.2 Å². The Hall–Kier alpha value is -3.42. The second-order valence-corrected chi connectivity index (χ2v) is 6.51. The van der Waals surface area contributed by atoms with Crippen molar-refractivity contribution in [2.24, 2.45) is 0 Å². The van der Waals surface area contributed by atoms with Gasteiger partial charge in [0.15, 0.2) is 0 Å². The van der Waals surface area contributed by atoms with Crippen LogP contribution in [-0.2, 0) is 4.74 Å². The van der Waals surface area contributed by atoms with E-state index >= 15 is 0 Å². The highest BCUT2D eigenvalue weighted by molar-refractivity contribution is 5.94. The molecule has 1 saturated heterocycles. The topological polar surface area (TPSA) is 80.3 Å². The van der Waals surface area contributed by atoms with Gasteiger partial charge in [-0.15, -0.1) is 0 Å². The molecule has 1 N–H and O–H groups in total. The highest BCUT2D eigenvalue weighted by atomic mass is 16.5. The average Bonchev–Trinajstić information content (AvgIpc) is 2.78. The van der Waals surface area contributed by atoms with Crippen molar-refractivity contribution in [3.05, 3.63) is 48.0 Å². The van der Waals surface area contributed by atoms with Gasteiger partial charge in [-0.2, -0.15) is 0 Å². The summed E-state index contributed by atoms with van der Waals surface area (Å²) in [6.07, 6.45) is 0. The summed E-state index contributed by atoms with van der Waals surface area (Å²) in [4.78, 5) is 28.2. The zero-order chi connectivity index (χ0) is 20.8. The van der Waals surface area contributed by atoms with E-state index in [1.807, 2.05) is 18.2 Å². The highest BCUT2D eigenvalue weighted by Crippen LogP contribution is 2.32. The largest absolute Gasteiger partial charge is 0.497 e. The number of piperazine rings is 1. The summed E-state index contributed by atoms with van der Waals surface area (Å²) in [5.74, 6) is 1.03. The molecule has 0 aromatic heterocycles. The Morgan fingerprint density at radius 3 is 2.34 bits per heavy atom. The molecule has 29 heavy (non-hydrogen) atoms. The first-order valence-corrected chi connectivity index (χ1v) is 9.27. The molecule has 2 aromatic carbocycles. The lowest BCUT2D eigenvalue weighted by molar-refractivity contribution is 0.0600. The summed E-state index contributed by atoms with van der Waals surface area (Å²) in [6.45, 7) is 2.49. The van der Waals surface area contributed by atoms with Crippen LogP contribution in [0.1, 0.15) is 10.4 Å². The molecular weight excluding hydrogens is 374 g/mol. The summed E-state index contributed by atoms with van der Waals surface area (Å²) >= 11 is 0. The molecular formula is C21H25N3O5. The molecule has 1 aliphatic heterocycles. The zero-order valence-electron chi connectivity index (χ0n) is 16.8. The quantitative estimate of drug-likeness (QED) is 0.779. The maximum absolute atomic E-state index is 12.6. The van der Waals surface area contributed by atoms with E-state index in [1.54, 1.807) is 43.4 Å². The van der Waals surface area contributed by atoms with Crippen LogP contribution in [0.4, 0.5) is 16.2 Å². The summed E-state index contributed by atoms with van der Waals surface area (Å²) in [5, 5.41) is 2.84. The third-order valence-corrected chi connectivity index (χ3v) is 4.83. The first-order valence-electron chi connectivity index (χ1n) is 9.27. The molecule has 3 rings (SSSR count). The van der Waals surface area contributed by atoms with Crippen LogP contribution in [0.15, 0.2) is 42.5 Å². The van der Waals surface area contributed by atoms with Crippen LogP contribution in [0.3, 0.4) is 0 Å². The third kappa shape index (κ3) is 4.71. The van der Waals surface area contributed by atoms with Crippen LogP contribution in [-0.4, -0.2) is 64.4 Å². The van der Waals surface area contributed by atoms with Crippen molar-refractivity contribution in [1.29, 1.82) is 0 Å². The molecule has 0 unspecified atom stereocenters. The van der Waals surface area contributed by atoms with E-state index < -0.39 is 5.97 Å². The van der Waals surface area contributed by atoms with Gasteiger partial charge in [0.2, 0.25) is 0 Å². The molecule has 0 aliphatic carbocycles. The first kappa shape index (κ1) is 20.3. The van der Waals surface area contributed by atoms with Gasteiger partial charge in [0.05, 0.1) is 32.6 Å². The summed E-state index contributed by atoms with van der Waals surface area (Å²) in [6, 6.07) is 12.2. The molecule has 0 spiro atoms. The van der Waals surface area contributed by atoms with Crippen LogP contribution in [0.5, 0.6) is 11.5 Å². The Labute approximate surface area is 170 Å². The van der Waals surface area contributed by atoms with Crippen molar-refractivity contribution in [3.8, 4) is 11.5 Å². The van der Waals surface area contributed by atoms with Crippen LogP contribution in [0.2, 0.25) is 0 Å². The van der Waals surface area contributed by atoms with Gasteiger partial charge in [-0.25, -0.2) is 9.59 Å². The number of nitrogens with one attached hydrogen (secondary N) is 1.